The molecule has 1 N–H and O–H groups in total. The van der Waals surface area contributed by atoms with Crippen LogP contribution in [0.1, 0.15) is 59.4 Å². The van der Waals surface area contributed by atoms with Gasteiger partial charge in [-0.05, 0) is 58.9 Å². The van der Waals surface area contributed by atoms with Gasteiger partial charge in [-0.25, -0.2) is 0 Å². The molecule has 3 aliphatic heterocycles. The number of aliphatic hydroxyl groups is 1. The van der Waals surface area contributed by atoms with E-state index in [9.17, 15) is 19.5 Å². The lowest BCUT2D eigenvalue weighted by Gasteiger charge is -2.43. The third kappa shape index (κ3) is 5.25. The fourth-order valence-corrected chi connectivity index (χ4v) is 7.43. The smallest absolute Gasteiger partial charge is 0.249 e. The molecule has 8 heteroatoms. The summed E-state index contributed by atoms with van der Waals surface area (Å²) in [6.07, 6.45) is 5.59. The Balaban J connectivity index is 1.85. The van der Waals surface area contributed by atoms with Crippen molar-refractivity contribution in [1.82, 2.24) is 14.7 Å². The first-order chi connectivity index (χ1) is 19.4. The second kappa shape index (κ2) is 11.7. The standard InChI is InChI=1S/C33H47N3O5/c1-8-18-34(19-9-2)28(38)25-26-29(39)36(24(22-37)21-23-14-12-11-13-15-23)27(33(26)17-16-32(25,7)41-33)30(40)35(20-10-3)31(4,5)6/h8,10-15,24-27,37H,1,3,9,16-22H2,2,4-7H3/t24-,25-,26+,27?,32+,33?/m1/s1. The van der Waals surface area contributed by atoms with Crippen LogP contribution in [0.5, 0.6) is 0 Å². The van der Waals surface area contributed by atoms with Crippen LogP contribution in [-0.2, 0) is 25.5 Å². The third-order valence-corrected chi connectivity index (χ3v) is 9.17. The van der Waals surface area contributed by atoms with Crippen molar-refractivity contribution in [2.45, 2.75) is 89.1 Å². The monoisotopic (exact) mass is 565 g/mol. The van der Waals surface area contributed by atoms with E-state index in [-0.39, 0.29) is 24.3 Å². The van der Waals surface area contributed by atoms with Gasteiger partial charge < -0.3 is 24.5 Å². The Morgan fingerprint density at radius 3 is 2.37 bits per heavy atom. The van der Waals surface area contributed by atoms with E-state index in [1.54, 1.807) is 26.9 Å². The van der Waals surface area contributed by atoms with Gasteiger partial charge in [-0.2, -0.15) is 0 Å². The molecule has 0 saturated carbocycles. The SMILES string of the molecule is C=CCN(CCC)C(=O)[C@H]1[C@H]2C(=O)N([C@@H](CO)Cc3ccccc3)C(C(=O)N(CC=C)C(C)(C)C)C23CC[C@]1(C)O3. The molecule has 3 fully saturated rings. The summed E-state index contributed by atoms with van der Waals surface area (Å²) in [4.78, 5) is 48.6. The molecule has 1 aromatic carbocycles. The normalized spacial score (nSPS) is 29.3. The number of hydrogen-bond donors (Lipinski definition) is 1. The molecule has 1 aromatic rings. The number of fused-ring (bicyclic) bond motifs is 1. The van der Waals surface area contributed by atoms with E-state index in [0.29, 0.717) is 38.9 Å². The second-order valence-electron chi connectivity index (χ2n) is 13.0. The average molecular weight is 566 g/mol. The molecular formula is C33H47N3O5. The Hall–Kier alpha value is -2.97. The number of ether oxygens (including phenoxy) is 1. The van der Waals surface area contributed by atoms with E-state index in [0.717, 1.165) is 12.0 Å². The number of nitrogens with zero attached hydrogens (tertiary/aromatic N) is 3. The number of hydrogen-bond acceptors (Lipinski definition) is 5. The molecule has 1 spiro atoms. The van der Waals surface area contributed by atoms with E-state index in [2.05, 4.69) is 13.2 Å². The van der Waals surface area contributed by atoms with Gasteiger partial charge in [0.2, 0.25) is 17.7 Å². The summed E-state index contributed by atoms with van der Waals surface area (Å²) >= 11 is 0. The zero-order valence-corrected chi connectivity index (χ0v) is 25.3. The number of amides is 3. The van der Waals surface area contributed by atoms with Gasteiger partial charge in [0.25, 0.3) is 0 Å². The van der Waals surface area contributed by atoms with Crippen LogP contribution < -0.4 is 0 Å². The summed E-state index contributed by atoms with van der Waals surface area (Å²) in [6.45, 7) is 18.4. The minimum atomic E-state index is -1.16. The predicted octanol–water partition coefficient (Wildman–Crippen LogP) is 3.59. The number of aliphatic hydroxyl groups excluding tert-OH is 1. The molecule has 41 heavy (non-hydrogen) atoms. The van der Waals surface area contributed by atoms with E-state index in [1.807, 2.05) is 65.0 Å². The Bertz CT molecular complexity index is 1160. The van der Waals surface area contributed by atoms with Crippen molar-refractivity contribution in [3.05, 3.63) is 61.2 Å². The van der Waals surface area contributed by atoms with Gasteiger partial charge in [0.1, 0.15) is 11.6 Å². The van der Waals surface area contributed by atoms with Crippen LogP contribution in [0.2, 0.25) is 0 Å². The Morgan fingerprint density at radius 2 is 1.80 bits per heavy atom. The van der Waals surface area contributed by atoms with Crippen LogP contribution in [0.15, 0.2) is 55.6 Å². The highest BCUT2D eigenvalue weighted by Crippen LogP contribution is 2.64. The Morgan fingerprint density at radius 1 is 1.15 bits per heavy atom. The van der Waals surface area contributed by atoms with Crippen LogP contribution in [0.4, 0.5) is 0 Å². The summed E-state index contributed by atoms with van der Waals surface area (Å²) in [6, 6.07) is 8.02. The van der Waals surface area contributed by atoms with Crippen LogP contribution in [-0.4, -0.2) is 92.6 Å². The fourth-order valence-electron chi connectivity index (χ4n) is 7.43. The van der Waals surface area contributed by atoms with Crippen molar-refractivity contribution < 1.29 is 24.2 Å². The van der Waals surface area contributed by atoms with Gasteiger partial charge in [0.15, 0.2) is 0 Å². The molecule has 0 aromatic heterocycles. The molecule has 0 radical (unpaired) electrons. The van der Waals surface area contributed by atoms with Crippen molar-refractivity contribution in [3.8, 4) is 0 Å². The average Bonchev–Trinajstić information content (AvgIpc) is 3.50. The molecule has 4 rings (SSSR count). The second-order valence-corrected chi connectivity index (χ2v) is 13.0. The Kier molecular flexibility index (Phi) is 8.86. The maximum absolute atomic E-state index is 14.7. The largest absolute Gasteiger partial charge is 0.394 e. The molecule has 3 amide bonds. The maximum Gasteiger partial charge on any atom is 0.249 e. The van der Waals surface area contributed by atoms with Crippen molar-refractivity contribution in [3.63, 3.8) is 0 Å². The van der Waals surface area contributed by atoms with E-state index >= 15 is 0 Å². The van der Waals surface area contributed by atoms with Gasteiger partial charge in [0.05, 0.1) is 30.1 Å². The summed E-state index contributed by atoms with van der Waals surface area (Å²) in [7, 11) is 0. The molecular weight excluding hydrogens is 518 g/mol. The minimum Gasteiger partial charge on any atom is -0.394 e. The molecule has 2 unspecified atom stereocenters. The summed E-state index contributed by atoms with van der Waals surface area (Å²) in [5.41, 5.74) is -1.64. The van der Waals surface area contributed by atoms with Gasteiger partial charge in [-0.3, -0.25) is 14.4 Å². The summed E-state index contributed by atoms with van der Waals surface area (Å²) in [5.74, 6) is -2.21. The van der Waals surface area contributed by atoms with Crippen molar-refractivity contribution in [2.24, 2.45) is 11.8 Å². The topological polar surface area (TPSA) is 90.4 Å². The molecule has 3 aliphatic rings. The lowest BCUT2D eigenvalue weighted by molar-refractivity contribution is -0.158. The zero-order valence-electron chi connectivity index (χ0n) is 25.3. The van der Waals surface area contributed by atoms with Crippen LogP contribution in [0.3, 0.4) is 0 Å². The Labute approximate surface area is 245 Å². The number of carbonyl (C=O) groups is 3. The van der Waals surface area contributed by atoms with Gasteiger partial charge in [-0.1, -0.05) is 49.4 Å². The summed E-state index contributed by atoms with van der Waals surface area (Å²) < 4.78 is 6.84. The lowest BCUT2D eigenvalue weighted by atomic mass is 9.66. The van der Waals surface area contributed by atoms with Crippen LogP contribution >= 0.6 is 0 Å². The van der Waals surface area contributed by atoms with E-state index in [1.165, 1.54) is 0 Å². The van der Waals surface area contributed by atoms with Crippen molar-refractivity contribution >= 4 is 17.7 Å². The van der Waals surface area contributed by atoms with Gasteiger partial charge in [-0.15, -0.1) is 13.2 Å². The number of carbonyl (C=O) groups excluding carboxylic acids is 3. The minimum absolute atomic E-state index is 0.135. The molecule has 3 saturated heterocycles. The fraction of sp³-hybridized carbons (Fsp3) is 0.606. The number of benzene rings is 1. The maximum atomic E-state index is 14.7. The molecule has 3 heterocycles. The molecule has 8 nitrogen and oxygen atoms in total. The van der Waals surface area contributed by atoms with Crippen LogP contribution in [0.25, 0.3) is 0 Å². The van der Waals surface area contributed by atoms with Crippen molar-refractivity contribution in [1.29, 1.82) is 0 Å². The number of likely N-dealkylation sites (tertiary alicyclic amines) is 1. The molecule has 224 valence electrons. The number of rotatable bonds is 12. The highest BCUT2D eigenvalue weighted by atomic mass is 16.5. The predicted molar refractivity (Wildman–Crippen MR) is 159 cm³/mol. The highest BCUT2D eigenvalue weighted by molar-refractivity contribution is 5.99. The van der Waals surface area contributed by atoms with E-state index in [4.69, 9.17) is 4.74 Å². The van der Waals surface area contributed by atoms with E-state index < -0.39 is 40.7 Å². The quantitative estimate of drug-likeness (QED) is 0.391. The van der Waals surface area contributed by atoms with Gasteiger partial charge in [0, 0.05) is 25.2 Å². The highest BCUT2D eigenvalue weighted by Gasteiger charge is 2.79. The lowest BCUT2D eigenvalue weighted by Crippen LogP contribution is -2.62. The summed E-state index contributed by atoms with van der Waals surface area (Å²) in [5, 5.41) is 10.7. The van der Waals surface area contributed by atoms with Gasteiger partial charge >= 0.3 is 0 Å². The van der Waals surface area contributed by atoms with Crippen LogP contribution in [0, 0.1) is 11.8 Å². The first kappa shape index (κ1) is 31.0. The van der Waals surface area contributed by atoms with Crippen molar-refractivity contribution in [2.75, 3.05) is 26.2 Å². The first-order valence-corrected chi connectivity index (χ1v) is 14.9. The third-order valence-electron chi connectivity index (χ3n) is 9.17. The molecule has 2 bridgehead atoms. The molecule has 6 atom stereocenters. The zero-order chi connectivity index (χ0) is 30.2. The molecule has 0 aliphatic carbocycles. The first-order valence-electron chi connectivity index (χ1n) is 14.9.